The lowest BCUT2D eigenvalue weighted by Crippen LogP contribution is -2.34. The van der Waals surface area contributed by atoms with Crippen molar-refractivity contribution in [1.29, 1.82) is 0 Å². The van der Waals surface area contributed by atoms with Crippen LogP contribution in [0.4, 0.5) is 5.69 Å². The molecule has 7 heteroatoms. The first-order valence-electron chi connectivity index (χ1n) is 6.76. The topological polar surface area (TPSA) is 74.3 Å². The maximum atomic E-state index is 12.2. The van der Waals surface area contributed by atoms with E-state index in [1.165, 1.54) is 4.31 Å². The summed E-state index contributed by atoms with van der Waals surface area (Å²) < 4.78 is 28.2. The fraction of sp³-hybridized carbons (Fsp3) is 0.615. The molecule has 0 aliphatic rings. The molecule has 1 aromatic heterocycles. The van der Waals surface area contributed by atoms with Crippen molar-refractivity contribution in [2.45, 2.75) is 27.2 Å². The minimum absolute atomic E-state index is 0.473. The molecule has 2 N–H and O–H groups in total. The van der Waals surface area contributed by atoms with Crippen molar-refractivity contribution in [2.24, 2.45) is 0 Å². The average molecular weight is 300 g/mol. The number of rotatable bonds is 8. The Bertz CT molecular complexity index is 531. The first kappa shape index (κ1) is 16.9. The maximum absolute atomic E-state index is 12.2. The molecule has 0 saturated heterocycles. The van der Waals surface area contributed by atoms with Crippen LogP contribution in [0, 0.1) is 13.8 Å². The minimum Gasteiger partial charge on any atom is -0.317 e. The highest BCUT2D eigenvalue weighted by Gasteiger charge is 2.18. The lowest BCUT2D eigenvalue weighted by atomic mass is 10.3. The summed E-state index contributed by atoms with van der Waals surface area (Å²) in [6.07, 6.45) is 0.774. The third-order valence-electron chi connectivity index (χ3n) is 2.95. The lowest BCUT2D eigenvalue weighted by Gasteiger charge is -2.19. The van der Waals surface area contributed by atoms with Crippen molar-refractivity contribution in [2.75, 3.05) is 31.4 Å². The zero-order chi connectivity index (χ0) is 15.2. The molecule has 0 fully saturated rings. The molecule has 0 amide bonds. The molecule has 0 aromatic carbocycles. The number of nitrogens with zero attached hydrogens (tertiary/aromatic N) is 2. The summed E-state index contributed by atoms with van der Waals surface area (Å²) >= 11 is 0. The number of aromatic nitrogens is 1. The Balaban J connectivity index is 2.64. The van der Waals surface area contributed by atoms with Crippen molar-refractivity contribution >= 4 is 15.9 Å². The van der Waals surface area contributed by atoms with Gasteiger partial charge in [-0.15, -0.1) is 0 Å². The van der Waals surface area contributed by atoms with Gasteiger partial charge >= 0.3 is 10.2 Å². The first-order chi connectivity index (χ1) is 9.36. The van der Waals surface area contributed by atoms with Gasteiger partial charge in [-0.1, -0.05) is 6.92 Å². The molecular formula is C13H24N4O2S. The third kappa shape index (κ3) is 5.07. The molecule has 0 atom stereocenters. The fourth-order valence-electron chi connectivity index (χ4n) is 1.73. The molecule has 20 heavy (non-hydrogen) atoms. The Kier molecular flexibility index (Phi) is 6.38. The van der Waals surface area contributed by atoms with Crippen LogP contribution >= 0.6 is 0 Å². The molecule has 0 aliphatic heterocycles. The summed E-state index contributed by atoms with van der Waals surface area (Å²) in [5.41, 5.74) is 2.06. The number of nitrogens with one attached hydrogen (secondary N) is 2. The van der Waals surface area contributed by atoms with Crippen molar-refractivity contribution in [3.63, 3.8) is 0 Å². The standard InChI is InChI=1S/C13H24N4O2S/c1-5-14-9-6-10-17(4)20(18,19)16-13-8-7-11(2)15-12(13)3/h7-8,14,16H,5-6,9-10H2,1-4H3. The van der Waals surface area contributed by atoms with Gasteiger partial charge in [-0.25, -0.2) is 0 Å². The molecule has 1 heterocycles. The summed E-state index contributed by atoms with van der Waals surface area (Å²) in [5, 5.41) is 3.17. The predicted octanol–water partition coefficient (Wildman–Crippen LogP) is 1.29. The van der Waals surface area contributed by atoms with Crippen LogP contribution in [-0.4, -0.2) is 44.4 Å². The maximum Gasteiger partial charge on any atom is 0.301 e. The monoisotopic (exact) mass is 300 g/mol. The van der Waals surface area contributed by atoms with Crippen molar-refractivity contribution in [3.05, 3.63) is 23.5 Å². The zero-order valence-electron chi connectivity index (χ0n) is 12.6. The van der Waals surface area contributed by atoms with Crippen LogP contribution in [0.15, 0.2) is 12.1 Å². The van der Waals surface area contributed by atoms with Crippen molar-refractivity contribution in [3.8, 4) is 0 Å². The number of anilines is 1. The number of pyridine rings is 1. The molecular weight excluding hydrogens is 276 g/mol. The van der Waals surface area contributed by atoms with E-state index in [2.05, 4.69) is 15.0 Å². The van der Waals surface area contributed by atoms with E-state index in [4.69, 9.17) is 0 Å². The molecule has 0 aliphatic carbocycles. The van der Waals surface area contributed by atoms with E-state index in [9.17, 15) is 8.42 Å². The van der Waals surface area contributed by atoms with Crippen LogP contribution in [0.3, 0.4) is 0 Å². The molecule has 1 rings (SSSR count). The molecule has 114 valence electrons. The van der Waals surface area contributed by atoms with Crippen molar-refractivity contribution in [1.82, 2.24) is 14.6 Å². The van der Waals surface area contributed by atoms with Gasteiger partial charge in [-0.3, -0.25) is 9.71 Å². The van der Waals surface area contributed by atoms with Crippen LogP contribution in [-0.2, 0) is 10.2 Å². The van der Waals surface area contributed by atoms with Crippen LogP contribution < -0.4 is 10.0 Å². The van der Waals surface area contributed by atoms with Gasteiger partial charge in [0.2, 0.25) is 0 Å². The second kappa shape index (κ2) is 7.56. The molecule has 0 saturated carbocycles. The Morgan fingerprint density at radius 2 is 2.00 bits per heavy atom. The predicted molar refractivity (Wildman–Crippen MR) is 82.0 cm³/mol. The summed E-state index contributed by atoms with van der Waals surface area (Å²) in [7, 11) is -1.95. The van der Waals surface area contributed by atoms with Gasteiger partial charge in [0.1, 0.15) is 0 Å². The molecule has 0 unspecified atom stereocenters. The van der Waals surface area contributed by atoms with Gasteiger partial charge in [0.05, 0.1) is 11.4 Å². The first-order valence-corrected chi connectivity index (χ1v) is 8.20. The molecule has 0 spiro atoms. The van der Waals surface area contributed by atoms with Crippen LogP contribution in [0.25, 0.3) is 0 Å². The summed E-state index contributed by atoms with van der Waals surface area (Å²) in [5.74, 6) is 0. The Labute approximate surface area is 121 Å². The van der Waals surface area contributed by atoms with E-state index in [1.54, 1.807) is 26.1 Å². The summed E-state index contributed by atoms with van der Waals surface area (Å²) in [6, 6.07) is 3.53. The number of hydrogen-bond acceptors (Lipinski definition) is 4. The second-order valence-corrected chi connectivity index (χ2v) is 6.50. The smallest absolute Gasteiger partial charge is 0.301 e. The van der Waals surface area contributed by atoms with Crippen LogP contribution in [0.2, 0.25) is 0 Å². The highest BCUT2D eigenvalue weighted by Crippen LogP contribution is 2.15. The van der Waals surface area contributed by atoms with Gasteiger partial charge in [-0.2, -0.15) is 12.7 Å². The third-order valence-corrected chi connectivity index (χ3v) is 4.43. The SMILES string of the molecule is CCNCCCN(C)S(=O)(=O)Nc1ccc(C)nc1C. The average Bonchev–Trinajstić information content (AvgIpc) is 2.37. The van der Waals surface area contributed by atoms with Gasteiger partial charge in [-0.05, 0) is 45.5 Å². The summed E-state index contributed by atoms with van der Waals surface area (Å²) in [6.45, 7) is 7.86. The second-order valence-electron chi connectivity index (χ2n) is 4.72. The Morgan fingerprint density at radius 1 is 1.30 bits per heavy atom. The number of aryl methyl sites for hydroxylation is 2. The van der Waals surface area contributed by atoms with Crippen molar-refractivity contribution < 1.29 is 8.42 Å². The molecule has 0 bridgehead atoms. The van der Waals surface area contributed by atoms with Gasteiger partial charge in [0.25, 0.3) is 0 Å². The normalized spacial score (nSPS) is 11.8. The van der Waals surface area contributed by atoms with E-state index in [0.29, 0.717) is 17.9 Å². The highest BCUT2D eigenvalue weighted by molar-refractivity contribution is 7.90. The quantitative estimate of drug-likeness (QED) is 0.709. The summed E-state index contributed by atoms with van der Waals surface area (Å²) in [4.78, 5) is 4.25. The minimum atomic E-state index is -3.52. The fourth-order valence-corrected chi connectivity index (χ4v) is 2.75. The molecule has 1 aromatic rings. The van der Waals surface area contributed by atoms with Gasteiger partial charge in [0, 0.05) is 19.3 Å². The van der Waals surface area contributed by atoms with E-state index in [-0.39, 0.29) is 0 Å². The Morgan fingerprint density at radius 3 is 2.60 bits per heavy atom. The van der Waals surface area contributed by atoms with Crippen LogP contribution in [0.1, 0.15) is 24.7 Å². The molecule has 0 radical (unpaired) electrons. The van der Waals surface area contributed by atoms with E-state index < -0.39 is 10.2 Å². The van der Waals surface area contributed by atoms with Gasteiger partial charge in [0.15, 0.2) is 0 Å². The zero-order valence-corrected chi connectivity index (χ0v) is 13.4. The largest absolute Gasteiger partial charge is 0.317 e. The number of hydrogen-bond donors (Lipinski definition) is 2. The van der Waals surface area contributed by atoms with E-state index >= 15 is 0 Å². The molecule has 6 nitrogen and oxygen atoms in total. The van der Waals surface area contributed by atoms with E-state index in [0.717, 1.165) is 25.2 Å². The van der Waals surface area contributed by atoms with Crippen LogP contribution in [0.5, 0.6) is 0 Å². The highest BCUT2D eigenvalue weighted by atomic mass is 32.2. The van der Waals surface area contributed by atoms with Gasteiger partial charge < -0.3 is 5.32 Å². The Hall–Kier alpha value is -1.18. The van der Waals surface area contributed by atoms with E-state index in [1.807, 2.05) is 13.8 Å². The lowest BCUT2D eigenvalue weighted by molar-refractivity contribution is 0.459.